The van der Waals surface area contributed by atoms with E-state index in [-0.39, 0.29) is 0 Å². The van der Waals surface area contributed by atoms with Crippen molar-refractivity contribution in [3.8, 4) is 5.75 Å². The van der Waals surface area contributed by atoms with Crippen LogP contribution < -0.4 is 10.1 Å². The van der Waals surface area contributed by atoms with Crippen molar-refractivity contribution in [3.05, 3.63) is 46.7 Å². The predicted octanol–water partition coefficient (Wildman–Crippen LogP) is 3.01. The highest BCUT2D eigenvalue weighted by atomic mass is 79.9. The van der Waals surface area contributed by atoms with E-state index < -0.39 is 0 Å². The van der Waals surface area contributed by atoms with Gasteiger partial charge in [0.05, 0.1) is 12.7 Å². The third kappa shape index (κ3) is 4.08. The van der Waals surface area contributed by atoms with Crippen molar-refractivity contribution < 1.29 is 4.74 Å². The Morgan fingerprint density at radius 3 is 3.05 bits per heavy atom. The standard InChI is InChI=1S/C14H18BrN3O/c1-11(16-2)12-9-17-18(10-12)6-7-19-14-5-3-4-13(15)8-14/h3-5,8-11,16H,6-7H2,1-2H3. The van der Waals surface area contributed by atoms with Gasteiger partial charge in [-0.15, -0.1) is 0 Å². The summed E-state index contributed by atoms with van der Waals surface area (Å²) in [7, 11) is 1.94. The molecule has 0 aliphatic heterocycles. The fourth-order valence-corrected chi connectivity index (χ4v) is 2.08. The first-order valence-corrected chi connectivity index (χ1v) is 7.06. The summed E-state index contributed by atoms with van der Waals surface area (Å²) in [5, 5.41) is 7.51. The Labute approximate surface area is 121 Å². The summed E-state index contributed by atoms with van der Waals surface area (Å²) < 4.78 is 8.61. The van der Waals surface area contributed by atoms with Crippen molar-refractivity contribution in [2.45, 2.75) is 19.5 Å². The highest BCUT2D eigenvalue weighted by Gasteiger charge is 2.05. The van der Waals surface area contributed by atoms with Gasteiger partial charge >= 0.3 is 0 Å². The molecule has 0 aliphatic rings. The maximum absolute atomic E-state index is 5.68. The molecule has 0 saturated heterocycles. The van der Waals surface area contributed by atoms with Gasteiger partial charge in [0, 0.05) is 22.3 Å². The highest BCUT2D eigenvalue weighted by Crippen LogP contribution is 2.17. The zero-order chi connectivity index (χ0) is 13.7. The van der Waals surface area contributed by atoms with Crippen LogP contribution in [0.3, 0.4) is 0 Å². The molecule has 0 fully saturated rings. The predicted molar refractivity (Wildman–Crippen MR) is 79.3 cm³/mol. The second-order valence-electron chi connectivity index (χ2n) is 4.35. The summed E-state index contributed by atoms with van der Waals surface area (Å²) in [5.41, 5.74) is 1.19. The molecule has 1 aromatic carbocycles. The minimum Gasteiger partial charge on any atom is -0.492 e. The Balaban J connectivity index is 1.84. The molecule has 1 N–H and O–H groups in total. The third-order valence-corrected chi connectivity index (χ3v) is 3.46. The lowest BCUT2D eigenvalue weighted by atomic mass is 10.2. The van der Waals surface area contributed by atoms with Crippen LogP contribution in [0.15, 0.2) is 41.1 Å². The number of ether oxygens (including phenoxy) is 1. The van der Waals surface area contributed by atoms with Crippen LogP contribution in [0.2, 0.25) is 0 Å². The topological polar surface area (TPSA) is 39.1 Å². The first-order valence-electron chi connectivity index (χ1n) is 6.27. The summed E-state index contributed by atoms with van der Waals surface area (Å²) in [6, 6.07) is 8.16. The van der Waals surface area contributed by atoms with Crippen molar-refractivity contribution in [2.75, 3.05) is 13.7 Å². The Kier molecular flexibility index (Phi) is 4.99. The smallest absolute Gasteiger partial charge is 0.120 e. The van der Waals surface area contributed by atoms with Gasteiger partial charge in [0.15, 0.2) is 0 Å². The minimum absolute atomic E-state index is 0.319. The molecule has 0 radical (unpaired) electrons. The number of rotatable bonds is 6. The molecule has 0 spiro atoms. The minimum atomic E-state index is 0.319. The molecule has 4 nitrogen and oxygen atoms in total. The van der Waals surface area contributed by atoms with E-state index in [0.717, 1.165) is 16.8 Å². The van der Waals surface area contributed by atoms with E-state index in [9.17, 15) is 0 Å². The van der Waals surface area contributed by atoms with Gasteiger partial charge < -0.3 is 10.1 Å². The van der Waals surface area contributed by atoms with E-state index in [1.165, 1.54) is 5.56 Å². The molecule has 5 heteroatoms. The Hall–Kier alpha value is -1.33. The Morgan fingerprint density at radius 1 is 1.47 bits per heavy atom. The molecule has 19 heavy (non-hydrogen) atoms. The molecule has 0 bridgehead atoms. The lowest BCUT2D eigenvalue weighted by Crippen LogP contribution is -2.12. The molecule has 0 amide bonds. The zero-order valence-electron chi connectivity index (χ0n) is 11.1. The van der Waals surface area contributed by atoms with Crippen molar-refractivity contribution in [2.24, 2.45) is 0 Å². The molecular formula is C14H18BrN3O. The van der Waals surface area contributed by atoms with Gasteiger partial charge in [-0.25, -0.2) is 0 Å². The Morgan fingerprint density at radius 2 is 2.32 bits per heavy atom. The summed E-state index contributed by atoms with van der Waals surface area (Å²) in [6.07, 6.45) is 3.94. The van der Waals surface area contributed by atoms with Crippen LogP contribution in [0.1, 0.15) is 18.5 Å². The lowest BCUT2D eigenvalue weighted by Gasteiger charge is -2.07. The fourth-order valence-electron chi connectivity index (χ4n) is 1.71. The second-order valence-corrected chi connectivity index (χ2v) is 5.27. The molecule has 2 rings (SSSR count). The average molecular weight is 324 g/mol. The number of nitrogens with zero attached hydrogens (tertiary/aromatic N) is 2. The number of hydrogen-bond acceptors (Lipinski definition) is 3. The van der Waals surface area contributed by atoms with E-state index in [0.29, 0.717) is 12.6 Å². The van der Waals surface area contributed by atoms with Crippen LogP contribution in [0.4, 0.5) is 0 Å². The van der Waals surface area contributed by atoms with E-state index in [4.69, 9.17) is 4.74 Å². The molecule has 1 aromatic heterocycles. The number of aromatic nitrogens is 2. The summed E-state index contributed by atoms with van der Waals surface area (Å²) in [4.78, 5) is 0. The van der Waals surface area contributed by atoms with Crippen molar-refractivity contribution in [1.82, 2.24) is 15.1 Å². The van der Waals surface area contributed by atoms with Gasteiger partial charge in [0.2, 0.25) is 0 Å². The quantitative estimate of drug-likeness (QED) is 0.888. The first kappa shape index (κ1) is 14.1. The monoisotopic (exact) mass is 323 g/mol. The van der Waals surface area contributed by atoms with E-state index in [1.54, 1.807) is 0 Å². The van der Waals surface area contributed by atoms with Crippen LogP contribution in [0.25, 0.3) is 0 Å². The maximum atomic E-state index is 5.68. The Bertz CT molecular complexity index is 527. The van der Waals surface area contributed by atoms with E-state index in [1.807, 2.05) is 48.4 Å². The van der Waals surface area contributed by atoms with Crippen molar-refractivity contribution in [3.63, 3.8) is 0 Å². The van der Waals surface area contributed by atoms with Crippen LogP contribution in [-0.2, 0) is 6.54 Å². The molecule has 0 aliphatic carbocycles. The van der Waals surface area contributed by atoms with Gasteiger partial charge in [-0.1, -0.05) is 22.0 Å². The molecule has 2 aromatic rings. The molecule has 102 valence electrons. The molecule has 1 unspecified atom stereocenters. The molecule has 1 atom stereocenters. The molecule has 0 saturated carbocycles. The summed E-state index contributed by atoms with van der Waals surface area (Å²) in [6.45, 7) is 3.45. The van der Waals surface area contributed by atoms with Gasteiger partial charge in [-0.3, -0.25) is 4.68 Å². The molecular weight excluding hydrogens is 306 g/mol. The number of benzene rings is 1. The van der Waals surface area contributed by atoms with Crippen LogP contribution in [0.5, 0.6) is 5.75 Å². The average Bonchev–Trinajstić information content (AvgIpc) is 2.87. The SMILES string of the molecule is CNC(C)c1cnn(CCOc2cccc(Br)c2)c1. The van der Waals surface area contributed by atoms with Gasteiger partial charge in [0.25, 0.3) is 0 Å². The summed E-state index contributed by atoms with van der Waals surface area (Å²) in [5.74, 6) is 0.866. The molecule has 1 heterocycles. The van der Waals surface area contributed by atoms with Crippen LogP contribution in [0, 0.1) is 0 Å². The third-order valence-electron chi connectivity index (χ3n) is 2.97. The van der Waals surface area contributed by atoms with Gasteiger partial charge in [-0.2, -0.15) is 5.10 Å². The van der Waals surface area contributed by atoms with Crippen LogP contribution in [-0.4, -0.2) is 23.4 Å². The summed E-state index contributed by atoms with van der Waals surface area (Å²) >= 11 is 3.42. The number of halogens is 1. The number of nitrogens with one attached hydrogen (secondary N) is 1. The largest absolute Gasteiger partial charge is 0.492 e. The normalized spacial score (nSPS) is 12.4. The van der Waals surface area contributed by atoms with E-state index in [2.05, 4.69) is 33.3 Å². The maximum Gasteiger partial charge on any atom is 0.120 e. The fraction of sp³-hybridized carbons (Fsp3) is 0.357. The van der Waals surface area contributed by atoms with Gasteiger partial charge in [0.1, 0.15) is 12.4 Å². The van der Waals surface area contributed by atoms with Gasteiger partial charge in [-0.05, 0) is 32.2 Å². The number of hydrogen-bond donors (Lipinski definition) is 1. The van der Waals surface area contributed by atoms with E-state index >= 15 is 0 Å². The second kappa shape index (κ2) is 6.73. The van der Waals surface area contributed by atoms with Crippen molar-refractivity contribution in [1.29, 1.82) is 0 Å². The lowest BCUT2D eigenvalue weighted by molar-refractivity contribution is 0.291. The zero-order valence-corrected chi connectivity index (χ0v) is 12.7. The first-order chi connectivity index (χ1) is 9.19. The van der Waals surface area contributed by atoms with Crippen LogP contribution >= 0.6 is 15.9 Å². The van der Waals surface area contributed by atoms with Crippen molar-refractivity contribution >= 4 is 15.9 Å². The highest BCUT2D eigenvalue weighted by molar-refractivity contribution is 9.10.